The van der Waals surface area contributed by atoms with Crippen LogP contribution in [-0.2, 0) is 0 Å². The molecule has 12 aromatic rings. The Morgan fingerprint density at radius 3 is 1.09 bits per heavy atom. The van der Waals surface area contributed by atoms with Crippen LogP contribution in [0.3, 0.4) is 0 Å². The smallest absolute Gasteiger partial charge is 0.0892 e. The van der Waals surface area contributed by atoms with E-state index < -0.39 is 0 Å². The molecular weight excluding hydrogens is 741 g/mol. The molecule has 0 saturated carbocycles. The quantitative estimate of drug-likeness (QED) is 0.174. The molecule has 4 heteroatoms. The molecule has 0 N–H and O–H groups in total. The highest BCUT2D eigenvalue weighted by molar-refractivity contribution is 7.26. The molecule has 8 aromatic carbocycles. The van der Waals surface area contributed by atoms with E-state index in [2.05, 4.69) is 182 Å². The van der Waals surface area contributed by atoms with Crippen molar-refractivity contribution in [3.05, 3.63) is 194 Å². The van der Waals surface area contributed by atoms with Gasteiger partial charge in [-0.1, -0.05) is 146 Å². The van der Waals surface area contributed by atoms with Gasteiger partial charge in [0, 0.05) is 63.9 Å². The van der Waals surface area contributed by atoms with Gasteiger partial charge >= 0.3 is 0 Å². The number of aromatic nitrogens is 2. The van der Waals surface area contributed by atoms with Crippen molar-refractivity contribution in [2.75, 3.05) is 0 Å². The molecule has 0 aliphatic carbocycles. The monoisotopic (exact) mass is 772 g/mol. The fourth-order valence-electron chi connectivity index (χ4n) is 8.97. The number of benzene rings is 8. The van der Waals surface area contributed by atoms with Crippen molar-refractivity contribution in [3.63, 3.8) is 0 Å². The number of thiophene rings is 2. The molecular formula is C54H32N2S2. The summed E-state index contributed by atoms with van der Waals surface area (Å²) in [5.41, 5.74) is 11.3. The third-order valence-corrected chi connectivity index (χ3v) is 14.1. The number of fused-ring (bicyclic) bond motifs is 8. The summed E-state index contributed by atoms with van der Waals surface area (Å²) >= 11 is 3.75. The number of nitrogens with zero attached hydrogens (tertiary/aromatic N) is 2. The third kappa shape index (κ3) is 5.23. The van der Waals surface area contributed by atoms with Crippen molar-refractivity contribution in [1.29, 1.82) is 0 Å². The average molecular weight is 773 g/mol. The second-order valence-corrected chi connectivity index (χ2v) is 16.9. The second-order valence-electron chi connectivity index (χ2n) is 14.8. The normalized spacial score (nSPS) is 11.8. The van der Waals surface area contributed by atoms with Gasteiger partial charge in [-0.25, -0.2) is 0 Å². The summed E-state index contributed by atoms with van der Waals surface area (Å²) in [5, 5.41) is 10.2. The number of pyridine rings is 2. The van der Waals surface area contributed by atoms with Gasteiger partial charge in [0.2, 0.25) is 0 Å². The zero-order chi connectivity index (χ0) is 38.2. The van der Waals surface area contributed by atoms with Crippen LogP contribution < -0.4 is 0 Å². The molecule has 0 bridgehead atoms. The van der Waals surface area contributed by atoms with Gasteiger partial charge in [-0.15, -0.1) is 22.7 Å². The third-order valence-electron chi connectivity index (χ3n) is 11.6. The van der Waals surface area contributed by atoms with Gasteiger partial charge in [0.25, 0.3) is 0 Å². The highest BCUT2D eigenvalue weighted by Gasteiger charge is 2.17. The first-order valence-electron chi connectivity index (χ1n) is 19.5. The Hall–Kier alpha value is -6.98. The summed E-state index contributed by atoms with van der Waals surface area (Å²) in [7, 11) is 0. The lowest BCUT2D eigenvalue weighted by Gasteiger charge is -2.14. The van der Waals surface area contributed by atoms with Crippen LogP contribution in [0.15, 0.2) is 194 Å². The van der Waals surface area contributed by atoms with Gasteiger partial charge in [0.1, 0.15) is 0 Å². The van der Waals surface area contributed by atoms with Crippen LogP contribution in [0.1, 0.15) is 0 Å². The summed E-state index contributed by atoms with van der Waals surface area (Å²) < 4.78 is 5.29. The van der Waals surface area contributed by atoms with Crippen LogP contribution in [0.2, 0.25) is 0 Å². The Balaban J connectivity index is 0.941. The molecule has 58 heavy (non-hydrogen) atoms. The molecule has 270 valence electrons. The highest BCUT2D eigenvalue weighted by atomic mass is 32.1. The first-order valence-corrected chi connectivity index (χ1v) is 21.2. The lowest BCUT2D eigenvalue weighted by atomic mass is 9.91. The van der Waals surface area contributed by atoms with E-state index in [1.165, 1.54) is 95.3 Å². The van der Waals surface area contributed by atoms with Crippen molar-refractivity contribution in [3.8, 4) is 55.9 Å². The van der Waals surface area contributed by atoms with Crippen molar-refractivity contribution < 1.29 is 0 Å². The molecule has 4 heterocycles. The first kappa shape index (κ1) is 33.2. The molecule has 0 aliphatic rings. The predicted octanol–water partition coefficient (Wildman–Crippen LogP) is 15.9. The van der Waals surface area contributed by atoms with E-state index in [4.69, 9.17) is 9.97 Å². The van der Waals surface area contributed by atoms with E-state index in [1.54, 1.807) is 0 Å². The van der Waals surface area contributed by atoms with Crippen LogP contribution in [0.4, 0.5) is 0 Å². The Labute approximate surface area is 343 Å². The molecule has 2 nitrogen and oxygen atoms in total. The maximum atomic E-state index is 4.87. The van der Waals surface area contributed by atoms with Crippen molar-refractivity contribution in [2.45, 2.75) is 0 Å². The van der Waals surface area contributed by atoms with Gasteiger partial charge in [-0.05, 0) is 91.3 Å². The molecule has 0 radical (unpaired) electrons. The standard InChI is InChI=1S/C54H32N2S2/c1-3-13-39-37(11-1)35(23-25-41(39)45-17-9-19-47-43-15-5-7-21-51(43)57-53(45)47)33-27-29-55-49(31-33)50-32-34(28-30-56-50)36-24-26-42(40-14-4-2-12-38(36)40)46-18-10-20-48-44-16-6-8-22-52(44)58-54(46)48/h1-32H. The second kappa shape index (κ2) is 13.3. The highest BCUT2D eigenvalue weighted by Crippen LogP contribution is 2.45. The van der Waals surface area contributed by atoms with E-state index in [9.17, 15) is 0 Å². The van der Waals surface area contributed by atoms with Crippen molar-refractivity contribution >= 4 is 84.6 Å². The Kier molecular flexibility index (Phi) is 7.62. The van der Waals surface area contributed by atoms with Crippen LogP contribution in [0, 0.1) is 0 Å². The fraction of sp³-hybridized carbons (Fsp3) is 0. The SMILES string of the molecule is c1ccc2c(c1)sc1c(-c3ccc(-c4ccnc(-c5cc(-c6ccc(-c7cccc8c7sc7ccccc78)c7ccccc67)ccn5)c4)c4ccccc34)cccc12. The number of hydrogen-bond donors (Lipinski definition) is 0. The summed E-state index contributed by atoms with van der Waals surface area (Å²) in [5.74, 6) is 0. The maximum Gasteiger partial charge on any atom is 0.0892 e. The van der Waals surface area contributed by atoms with Gasteiger partial charge in [0.05, 0.1) is 11.4 Å². The van der Waals surface area contributed by atoms with Gasteiger partial charge in [-0.2, -0.15) is 0 Å². The van der Waals surface area contributed by atoms with E-state index in [0.29, 0.717) is 0 Å². The molecule has 4 aromatic heterocycles. The molecule has 0 aliphatic heterocycles. The predicted molar refractivity (Wildman–Crippen MR) is 250 cm³/mol. The van der Waals surface area contributed by atoms with Gasteiger partial charge in [0.15, 0.2) is 0 Å². The van der Waals surface area contributed by atoms with E-state index in [-0.39, 0.29) is 0 Å². The number of hydrogen-bond acceptors (Lipinski definition) is 4. The van der Waals surface area contributed by atoms with Crippen molar-refractivity contribution in [2.24, 2.45) is 0 Å². The fourth-order valence-corrected chi connectivity index (χ4v) is 11.4. The van der Waals surface area contributed by atoms with Crippen LogP contribution in [0.25, 0.3) is 118 Å². The topological polar surface area (TPSA) is 25.8 Å². The summed E-state index contributed by atoms with van der Waals surface area (Å²) in [6, 6.07) is 66.2. The van der Waals surface area contributed by atoms with Gasteiger partial charge in [-0.3, -0.25) is 9.97 Å². The molecule has 0 saturated heterocycles. The minimum Gasteiger partial charge on any atom is -0.255 e. The van der Waals surface area contributed by atoms with Crippen molar-refractivity contribution in [1.82, 2.24) is 9.97 Å². The molecule has 12 rings (SSSR count). The molecule has 0 spiro atoms. The first-order chi connectivity index (χ1) is 28.8. The minimum absolute atomic E-state index is 0.847. The lowest BCUT2D eigenvalue weighted by molar-refractivity contribution is 1.25. The summed E-state index contributed by atoms with van der Waals surface area (Å²) in [6.45, 7) is 0. The zero-order valence-electron chi connectivity index (χ0n) is 31.2. The Morgan fingerprint density at radius 1 is 0.276 bits per heavy atom. The number of rotatable bonds is 5. The molecule has 0 atom stereocenters. The van der Waals surface area contributed by atoms with E-state index >= 15 is 0 Å². The van der Waals surface area contributed by atoms with Crippen LogP contribution >= 0.6 is 22.7 Å². The van der Waals surface area contributed by atoms with E-state index in [0.717, 1.165) is 22.5 Å². The Morgan fingerprint density at radius 2 is 0.638 bits per heavy atom. The maximum absolute atomic E-state index is 4.87. The lowest BCUT2D eigenvalue weighted by Crippen LogP contribution is -1.92. The van der Waals surface area contributed by atoms with Gasteiger partial charge < -0.3 is 0 Å². The average Bonchev–Trinajstić information content (AvgIpc) is 3.87. The largest absolute Gasteiger partial charge is 0.255 e. The Bertz CT molecular complexity index is 3350. The molecule has 0 amide bonds. The van der Waals surface area contributed by atoms with Crippen LogP contribution in [-0.4, -0.2) is 9.97 Å². The molecule has 0 unspecified atom stereocenters. The van der Waals surface area contributed by atoms with E-state index in [1.807, 2.05) is 35.1 Å². The summed E-state index contributed by atoms with van der Waals surface area (Å²) in [4.78, 5) is 9.75. The zero-order valence-corrected chi connectivity index (χ0v) is 32.8. The summed E-state index contributed by atoms with van der Waals surface area (Å²) in [6.07, 6.45) is 3.83. The molecule has 0 fully saturated rings. The minimum atomic E-state index is 0.847. The van der Waals surface area contributed by atoms with Crippen LogP contribution in [0.5, 0.6) is 0 Å².